The predicted molar refractivity (Wildman–Crippen MR) is 85.4 cm³/mol. The molecule has 0 heterocycles. The zero-order chi connectivity index (χ0) is 16.7. The molecule has 0 fully saturated rings. The number of hydrogen-bond donors (Lipinski definition) is 1. The number of nitrogens with zero attached hydrogens (tertiary/aromatic N) is 1. The van der Waals surface area contributed by atoms with Crippen LogP contribution in [0, 0.1) is 0 Å². The first-order chi connectivity index (χ1) is 10.3. The molecule has 122 valence electrons. The van der Waals surface area contributed by atoms with E-state index in [4.69, 9.17) is 21.1 Å². The van der Waals surface area contributed by atoms with Crippen LogP contribution in [0.5, 0.6) is 5.75 Å². The van der Waals surface area contributed by atoms with Crippen molar-refractivity contribution in [1.29, 1.82) is 0 Å². The number of benzene rings is 1. The molecule has 0 unspecified atom stereocenters. The molecule has 2 amide bonds. The molecule has 0 bridgehead atoms. The number of carbonyl (C=O) groups excluding carboxylic acids is 2. The fourth-order valence-corrected chi connectivity index (χ4v) is 1.93. The van der Waals surface area contributed by atoms with Gasteiger partial charge in [0.1, 0.15) is 5.75 Å². The quantitative estimate of drug-likeness (QED) is 0.654. The average molecular weight is 329 g/mol. The summed E-state index contributed by atoms with van der Waals surface area (Å²) in [6, 6.07) is 6.44. The van der Waals surface area contributed by atoms with Crippen molar-refractivity contribution in [2.75, 3.05) is 11.3 Å². The van der Waals surface area contributed by atoms with Crippen LogP contribution in [-0.4, -0.2) is 35.2 Å². The molecule has 0 aliphatic rings. The van der Waals surface area contributed by atoms with Crippen molar-refractivity contribution < 1.29 is 19.1 Å². The van der Waals surface area contributed by atoms with E-state index in [2.05, 4.69) is 5.32 Å². The summed E-state index contributed by atoms with van der Waals surface area (Å²) < 4.78 is 10.2. The van der Waals surface area contributed by atoms with Gasteiger partial charge in [0.25, 0.3) is 0 Å². The Balaban J connectivity index is 2.72. The zero-order valence-electron chi connectivity index (χ0n) is 13.1. The fraction of sp³-hybridized carbons (Fsp3) is 0.467. The minimum Gasteiger partial charge on any atom is -0.447 e. The topological polar surface area (TPSA) is 67.9 Å². The Morgan fingerprint density at radius 3 is 2.50 bits per heavy atom. The first-order valence-corrected chi connectivity index (χ1v) is 7.49. The van der Waals surface area contributed by atoms with E-state index in [-0.39, 0.29) is 18.1 Å². The van der Waals surface area contributed by atoms with Crippen LogP contribution in [0.1, 0.15) is 27.7 Å². The van der Waals surface area contributed by atoms with Crippen LogP contribution >= 0.6 is 11.6 Å². The second-order valence-electron chi connectivity index (χ2n) is 5.16. The van der Waals surface area contributed by atoms with Crippen LogP contribution in [0.3, 0.4) is 0 Å². The van der Waals surface area contributed by atoms with Gasteiger partial charge in [-0.15, -0.1) is 11.6 Å². The van der Waals surface area contributed by atoms with Gasteiger partial charge in [-0.25, -0.2) is 9.59 Å². The van der Waals surface area contributed by atoms with Gasteiger partial charge in [-0.2, -0.15) is 0 Å². The van der Waals surface area contributed by atoms with Crippen molar-refractivity contribution in [1.82, 2.24) is 4.90 Å². The highest BCUT2D eigenvalue weighted by Crippen LogP contribution is 2.19. The fourth-order valence-electron chi connectivity index (χ4n) is 1.56. The highest BCUT2D eigenvalue weighted by Gasteiger charge is 2.18. The number of nitrogens with one attached hydrogen (secondary N) is 1. The Bertz CT molecular complexity index is 520. The van der Waals surface area contributed by atoms with Crippen LogP contribution in [0.4, 0.5) is 15.3 Å². The third kappa shape index (κ3) is 5.81. The first-order valence-electron chi connectivity index (χ1n) is 6.95. The third-order valence-electron chi connectivity index (χ3n) is 2.61. The number of anilines is 1. The Hall–Kier alpha value is -1.95. The van der Waals surface area contributed by atoms with Crippen molar-refractivity contribution in [2.45, 2.75) is 39.8 Å². The number of carbonyl (C=O) groups is 2. The van der Waals surface area contributed by atoms with Crippen molar-refractivity contribution in [3.63, 3.8) is 0 Å². The normalized spacial score (nSPS) is 10.5. The molecule has 0 aliphatic carbocycles. The minimum atomic E-state index is -0.567. The van der Waals surface area contributed by atoms with Gasteiger partial charge in [0.2, 0.25) is 0 Å². The molecule has 7 heteroatoms. The molecule has 0 aliphatic heterocycles. The van der Waals surface area contributed by atoms with Gasteiger partial charge >= 0.3 is 12.2 Å². The standard InChI is InChI=1S/C15H21ClN2O4/c1-10(2)18(9-16)15(20)22-13-7-5-6-12(8-13)17-14(19)21-11(3)4/h5-8,10-11H,9H2,1-4H3,(H,17,19). The number of amides is 2. The molecule has 1 aromatic rings. The lowest BCUT2D eigenvalue weighted by molar-refractivity contribution is 0.130. The number of ether oxygens (including phenoxy) is 2. The van der Waals surface area contributed by atoms with Gasteiger partial charge in [-0.1, -0.05) is 6.07 Å². The molecule has 0 saturated carbocycles. The lowest BCUT2D eigenvalue weighted by Gasteiger charge is -2.23. The van der Waals surface area contributed by atoms with Crippen LogP contribution < -0.4 is 10.1 Å². The van der Waals surface area contributed by atoms with E-state index in [0.29, 0.717) is 11.4 Å². The molecular formula is C15H21ClN2O4. The van der Waals surface area contributed by atoms with Crippen LogP contribution in [0.25, 0.3) is 0 Å². The Kier molecular flexibility index (Phi) is 6.98. The third-order valence-corrected chi connectivity index (χ3v) is 2.87. The summed E-state index contributed by atoms with van der Waals surface area (Å²) in [5.41, 5.74) is 0.470. The lowest BCUT2D eigenvalue weighted by Crippen LogP contribution is -2.38. The molecule has 0 atom stereocenters. The van der Waals surface area contributed by atoms with Crippen molar-refractivity contribution >= 4 is 29.5 Å². The summed E-state index contributed by atoms with van der Waals surface area (Å²) in [5, 5.41) is 2.56. The molecular weight excluding hydrogens is 308 g/mol. The first kappa shape index (κ1) is 18.1. The summed E-state index contributed by atoms with van der Waals surface area (Å²) in [7, 11) is 0. The van der Waals surface area contributed by atoms with Crippen molar-refractivity contribution in [3.05, 3.63) is 24.3 Å². The molecule has 1 rings (SSSR count). The monoisotopic (exact) mass is 328 g/mol. The number of hydrogen-bond acceptors (Lipinski definition) is 4. The van der Waals surface area contributed by atoms with Gasteiger partial charge in [-0.05, 0) is 39.8 Å². The maximum atomic E-state index is 12.0. The minimum absolute atomic E-state index is 0.0369. The van der Waals surface area contributed by atoms with Gasteiger partial charge in [0.05, 0.1) is 12.1 Å². The van der Waals surface area contributed by atoms with Crippen molar-refractivity contribution in [2.24, 2.45) is 0 Å². The van der Waals surface area contributed by atoms with Gasteiger partial charge < -0.3 is 9.47 Å². The van der Waals surface area contributed by atoms with E-state index in [0.717, 1.165) is 0 Å². The highest BCUT2D eigenvalue weighted by molar-refractivity contribution is 6.18. The SMILES string of the molecule is CC(C)OC(=O)Nc1cccc(OC(=O)N(CCl)C(C)C)c1. The maximum Gasteiger partial charge on any atom is 0.416 e. The smallest absolute Gasteiger partial charge is 0.416 e. The van der Waals surface area contributed by atoms with Crippen LogP contribution in [-0.2, 0) is 4.74 Å². The Morgan fingerprint density at radius 1 is 1.27 bits per heavy atom. The Labute approximate surface area is 135 Å². The molecule has 6 nitrogen and oxygen atoms in total. The lowest BCUT2D eigenvalue weighted by atomic mass is 10.3. The Morgan fingerprint density at radius 2 is 1.95 bits per heavy atom. The predicted octanol–water partition coefficient (Wildman–Crippen LogP) is 4.05. The second kappa shape index (κ2) is 8.48. The highest BCUT2D eigenvalue weighted by atomic mass is 35.5. The van der Waals surface area contributed by atoms with E-state index in [1.165, 1.54) is 11.0 Å². The molecule has 0 aromatic heterocycles. The van der Waals surface area contributed by atoms with Crippen molar-refractivity contribution in [3.8, 4) is 5.75 Å². The molecule has 1 N–H and O–H groups in total. The summed E-state index contributed by atoms with van der Waals surface area (Å²) in [6.45, 7) is 7.18. The summed E-state index contributed by atoms with van der Waals surface area (Å²) >= 11 is 5.72. The number of rotatable bonds is 5. The number of halogens is 1. The van der Waals surface area contributed by atoms with E-state index in [1.807, 2.05) is 13.8 Å². The summed E-state index contributed by atoms with van der Waals surface area (Å²) in [5.74, 6) is 0.308. The van der Waals surface area contributed by atoms with E-state index >= 15 is 0 Å². The van der Waals surface area contributed by atoms with Crippen LogP contribution in [0.15, 0.2) is 24.3 Å². The molecule has 22 heavy (non-hydrogen) atoms. The van der Waals surface area contributed by atoms with E-state index in [9.17, 15) is 9.59 Å². The molecule has 1 aromatic carbocycles. The number of alkyl halides is 1. The molecule has 0 radical (unpaired) electrons. The average Bonchev–Trinajstić information content (AvgIpc) is 2.37. The summed E-state index contributed by atoms with van der Waals surface area (Å²) in [4.78, 5) is 24.9. The molecule has 0 saturated heterocycles. The van der Waals surface area contributed by atoms with Gasteiger partial charge in [-0.3, -0.25) is 10.2 Å². The maximum absolute atomic E-state index is 12.0. The molecule has 0 spiro atoms. The second-order valence-corrected chi connectivity index (χ2v) is 5.40. The van der Waals surface area contributed by atoms with Crippen LogP contribution in [0.2, 0.25) is 0 Å². The van der Waals surface area contributed by atoms with E-state index in [1.54, 1.807) is 32.0 Å². The van der Waals surface area contributed by atoms with Gasteiger partial charge in [0, 0.05) is 17.8 Å². The van der Waals surface area contributed by atoms with E-state index < -0.39 is 12.2 Å². The summed E-state index contributed by atoms with van der Waals surface area (Å²) in [6.07, 6.45) is -1.33. The zero-order valence-corrected chi connectivity index (χ0v) is 13.9. The largest absolute Gasteiger partial charge is 0.447 e. The van der Waals surface area contributed by atoms with Gasteiger partial charge in [0.15, 0.2) is 0 Å².